The molecule has 0 heterocycles. The molecule has 1 aliphatic carbocycles. The highest BCUT2D eigenvalue weighted by Gasteiger charge is 2.54. The molecule has 2 rings (SSSR count). The van der Waals surface area contributed by atoms with Crippen LogP contribution in [0.4, 0.5) is 0 Å². The fourth-order valence-electron chi connectivity index (χ4n) is 2.40. The normalized spacial score (nSPS) is 16.2. The molecule has 1 fully saturated rings. The molecular weight excluding hydrogens is 256 g/mol. The van der Waals surface area contributed by atoms with Crippen LogP contribution in [0.3, 0.4) is 0 Å². The molecule has 1 N–H and O–H groups in total. The van der Waals surface area contributed by atoms with Crippen LogP contribution in [0.25, 0.3) is 0 Å². The molecule has 0 spiro atoms. The third kappa shape index (κ3) is 1.72. The van der Waals surface area contributed by atoms with Gasteiger partial charge in [-0.05, 0) is 31.4 Å². The van der Waals surface area contributed by atoms with Crippen LogP contribution in [0.15, 0.2) is 6.07 Å². The molecule has 1 aromatic rings. The molecular formula is C13H15ClO4. The number of carboxylic acids is 1. The van der Waals surface area contributed by atoms with Crippen molar-refractivity contribution in [2.24, 2.45) is 0 Å². The second-order valence-electron chi connectivity index (χ2n) is 4.50. The number of halogens is 1. The van der Waals surface area contributed by atoms with E-state index in [9.17, 15) is 9.90 Å². The first-order chi connectivity index (χ1) is 8.47. The summed E-state index contributed by atoms with van der Waals surface area (Å²) in [6.07, 6.45) is 1.23. The highest BCUT2D eigenvalue weighted by Crippen LogP contribution is 2.56. The number of carboxylic acid groups (broad SMARTS) is 1. The van der Waals surface area contributed by atoms with Crippen molar-refractivity contribution in [2.45, 2.75) is 25.2 Å². The predicted octanol–water partition coefficient (Wildman–Crippen LogP) is 2.78. The van der Waals surface area contributed by atoms with Crippen LogP contribution < -0.4 is 9.47 Å². The minimum atomic E-state index is -0.840. The molecule has 1 saturated carbocycles. The summed E-state index contributed by atoms with van der Waals surface area (Å²) in [6.45, 7) is 1.84. The van der Waals surface area contributed by atoms with Gasteiger partial charge in [-0.15, -0.1) is 0 Å². The van der Waals surface area contributed by atoms with E-state index in [-0.39, 0.29) is 0 Å². The first-order valence-electron chi connectivity index (χ1n) is 5.63. The van der Waals surface area contributed by atoms with Crippen LogP contribution in [0.2, 0.25) is 5.02 Å². The van der Waals surface area contributed by atoms with Crippen molar-refractivity contribution < 1.29 is 19.4 Å². The van der Waals surface area contributed by atoms with E-state index in [0.717, 1.165) is 5.56 Å². The summed E-state index contributed by atoms with van der Waals surface area (Å²) < 4.78 is 10.5. The average molecular weight is 271 g/mol. The van der Waals surface area contributed by atoms with Crippen molar-refractivity contribution in [3.05, 3.63) is 22.2 Å². The van der Waals surface area contributed by atoms with Gasteiger partial charge in [0.2, 0.25) is 0 Å². The Hall–Kier alpha value is -1.42. The van der Waals surface area contributed by atoms with E-state index in [1.54, 1.807) is 6.07 Å². The molecule has 1 aliphatic rings. The highest BCUT2D eigenvalue weighted by molar-refractivity contribution is 6.32. The monoisotopic (exact) mass is 270 g/mol. The lowest BCUT2D eigenvalue weighted by Gasteiger charge is -2.20. The van der Waals surface area contributed by atoms with Crippen LogP contribution in [-0.2, 0) is 10.2 Å². The fraction of sp³-hybridized carbons (Fsp3) is 0.462. The zero-order valence-electron chi connectivity index (χ0n) is 10.5. The molecule has 0 saturated heterocycles. The molecule has 18 heavy (non-hydrogen) atoms. The van der Waals surface area contributed by atoms with E-state index in [1.807, 2.05) is 6.92 Å². The molecule has 0 bridgehead atoms. The highest BCUT2D eigenvalue weighted by atomic mass is 35.5. The number of hydrogen-bond acceptors (Lipinski definition) is 3. The van der Waals surface area contributed by atoms with E-state index in [2.05, 4.69) is 0 Å². The molecule has 4 nitrogen and oxygen atoms in total. The number of carbonyl (C=O) groups is 1. The molecule has 0 aliphatic heterocycles. The van der Waals surface area contributed by atoms with Crippen LogP contribution in [0, 0.1) is 6.92 Å². The van der Waals surface area contributed by atoms with Gasteiger partial charge in [-0.1, -0.05) is 11.6 Å². The number of aliphatic carboxylic acids is 1. The maximum Gasteiger partial charge on any atom is 0.314 e. The second kappa shape index (κ2) is 4.35. The maximum absolute atomic E-state index is 11.5. The Balaban J connectivity index is 2.70. The largest absolute Gasteiger partial charge is 0.492 e. The summed E-state index contributed by atoms with van der Waals surface area (Å²) in [4.78, 5) is 11.5. The van der Waals surface area contributed by atoms with Crippen molar-refractivity contribution in [3.63, 3.8) is 0 Å². The van der Waals surface area contributed by atoms with Crippen molar-refractivity contribution in [2.75, 3.05) is 14.2 Å². The van der Waals surface area contributed by atoms with Gasteiger partial charge in [0.05, 0.1) is 24.7 Å². The first kappa shape index (κ1) is 13.0. The van der Waals surface area contributed by atoms with Crippen LogP contribution in [0.5, 0.6) is 11.5 Å². The molecule has 0 radical (unpaired) electrons. The number of benzene rings is 1. The summed E-state index contributed by atoms with van der Waals surface area (Å²) >= 11 is 6.08. The van der Waals surface area contributed by atoms with Crippen molar-refractivity contribution in [1.29, 1.82) is 0 Å². The lowest BCUT2D eigenvalue weighted by atomic mass is 9.90. The summed E-state index contributed by atoms with van der Waals surface area (Å²) in [5.41, 5.74) is 0.657. The van der Waals surface area contributed by atoms with Gasteiger partial charge in [0.15, 0.2) is 11.5 Å². The van der Waals surface area contributed by atoms with Gasteiger partial charge in [0.25, 0.3) is 0 Å². The molecule has 0 unspecified atom stereocenters. The van der Waals surface area contributed by atoms with E-state index in [0.29, 0.717) is 34.9 Å². The standard InChI is InChI=1S/C13H15ClO4/c1-7-6-8(14)10(17-2)11(18-3)9(7)13(4-5-13)12(15)16/h6H,4-5H2,1-3H3,(H,15,16). The van der Waals surface area contributed by atoms with Crippen molar-refractivity contribution in [1.82, 2.24) is 0 Å². The van der Waals surface area contributed by atoms with Crippen molar-refractivity contribution >= 4 is 17.6 Å². The lowest BCUT2D eigenvalue weighted by Crippen LogP contribution is -2.22. The SMILES string of the molecule is COc1c(Cl)cc(C)c(C2(C(=O)O)CC2)c1OC. The molecule has 0 amide bonds. The minimum absolute atomic E-state index is 0.396. The third-order valence-electron chi connectivity index (χ3n) is 3.43. The Morgan fingerprint density at radius 3 is 2.28 bits per heavy atom. The Morgan fingerprint density at radius 2 is 1.89 bits per heavy atom. The Bertz CT molecular complexity index is 506. The molecule has 1 aromatic carbocycles. The lowest BCUT2D eigenvalue weighted by molar-refractivity contribution is -0.140. The average Bonchev–Trinajstić information content (AvgIpc) is 3.09. The van der Waals surface area contributed by atoms with Gasteiger partial charge in [-0.3, -0.25) is 4.79 Å². The first-order valence-corrected chi connectivity index (χ1v) is 6.00. The summed E-state index contributed by atoms with van der Waals surface area (Å²) in [6, 6.07) is 1.72. The zero-order valence-corrected chi connectivity index (χ0v) is 11.3. The predicted molar refractivity (Wildman–Crippen MR) is 67.8 cm³/mol. The summed E-state index contributed by atoms with van der Waals surface area (Å²) in [7, 11) is 2.98. The number of aryl methyl sites for hydroxylation is 1. The number of rotatable bonds is 4. The van der Waals surface area contributed by atoms with E-state index in [1.165, 1.54) is 14.2 Å². The van der Waals surface area contributed by atoms with E-state index in [4.69, 9.17) is 21.1 Å². The van der Waals surface area contributed by atoms with E-state index >= 15 is 0 Å². The Labute approximate surface area is 110 Å². The number of ether oxygens (including phenoxy) is 2. The van der Waals surface area contributed by atoms with Crippen LogP contribution in [0.1, 0.15) is 24.0 Å². The van der Waals surface area contributed by atoms with E-state index < -0.39 is 11.4 Å². The quantitative estimate of drug-likeness (QED) is 0.914. The summed E-state index contributed by atoms with van der Waals surface area (Å²) in [5, 5.41) is 9.83. The minimum Gasteiger partial charge on any atom is -0.492 e. The third-order valence-corrected chi connectivity index (χ3v) is 3.71. The fourth-order valence-corrected chi connectivity index (χ4v) is 2.73. The number of methoxy groups -OCH3 is 2. The Morgan fingerprint density at radius 1 is 1.33 bits per heavy atom. The van der Waals surface area contributed by atoms with Gasteiger partial charge >= 0.3 is 5.97 Å². The Kier molecular flexibility index (Phi) is 3.15. The topological polar surface area (TPSA) is 55.8 Å². The van der Waals surface area contributed by atoms with Gasteiger partial charge in [-0.25, -0.2) is 0 Å². The zero-order chi connectivity index (χ0) is 13.5. The van der Waals surface area contributed by atoms with Gasteiger partial charge < -0.3 is 14.6 Å². The molecule has 98 valence electrons. The van der Waals surface area contributed by atoms with Crippen LogP contribution >= 0.6 is 11.6 Å². The van der Waals surface area contributed by atoms with Gasteiger partial charge in [0.1, 0.15) is 0 Å². The molecule has 0 aromatic heterocycles. The smallest absolute Gasteiger partial charge is 0.314 e. The second-order valence-corrected chi connectivity index (χ2v) is 4.91. The van der Waals surface area contributed by atoms with Gasteiger partial charge in [-0.2, -0.15) is 0 Å². The summed E-state index contributed by atoms with van der Waals surface area (Å²) in [5.74, 6) is 0.00275. The molecule has 5 heteroatoms. The molecule has 0 atom stereocenters. The maximum atomic E-state index is 11.5. The van der Waals surface area contributed by atoms with Crippen molar-refractivity contribution in [3.8, 4) is 11.5 Å². The van der Waals surface area contributed by atoms with Crippen LogP contribution in [-0.4, -0.2) is 25.3 Å². The van der Waals surface area contributed by atoms with Gasteiger partial charge in [0, 0.05) is 5.56 Å². The number of hydrogen-bond donors (Lipinski definition) is 1.